The molecule has 0 spiro atoms. The van der Waals surface area contributed by atoms with Crippen LogP contribution in [0.4, 0.5) is 0 Å². The molecule has 1 aromatic carbocycles. The van der Waals surface area contributed by atoms with Gasteiger partial charge in [0, 0.05) is 6.04 Å². The number of halogens is 1. The number of rotatable bonds is 6. The molecule has 3 unspecified atom stereocenters. The maximum absolute atomic E-state index is 6.32. The first-order valence-corrected chi connectivity index (χ1v) is 9.14. The summed E-state index contributed by atoms with van der Waals surface area (Å²) in [5.74, 6) is 1.71. The van der Waals surface area contributed by atoms with Gasteiger partial charge in [-0.15, -0.1) is 0 Å². The number of hydrogen-bond acceptors (Lipinski definition) is 2. The number of ether oxygens (including phenoxy) is 1. The van der Waals surface area contributed by atoms with Crippen LogP contribution in [0, 0.1) is 5.92 Å². The minimum absolute atomic E-state index is 0.374. The molecular formula is C18H28BrNO. The van der Waals surface area contributed by atoms with Crippen LogP contribution in [-0.2, 0) is 0 Å². The van der Waals surface area contributed by atoms with E-state index in [4.69, 9.17) is 4.74 Å². The van der Waals surface area contributed by atoms with Gasteiger partial charge in [0.25, 0.3) is 0 Å². The van der Waals surface area contributed by atoms with Gasteiger partial charge in [-0.05, 0) is 78.7 Å². The highest BCUT2D eigenvalue weighted by molar-refractivity contribution is 9.10. The predicted octanol–water partition coefficient (Wildman–Crippen LogP) is 5.47. The van der Waals surface area contributed by atoms with Crippen molar-refractivity contribution >= 4 is 15.9 Å². The van der Waals surface area contributed by atoms with E-state index in [1.807, 2.05) is 0 Å². The topological polar surface area (TPSA) is 21.3 Å². The summed E-state index contributed by atoms with van der Waals surface area (Å²) in [5, 5.41) is 3.44. The summed E-state index contributed by atoms with van der Waals surface area (Å²) in [6.07, 6.45) is 6.77. The summed E-state index contributed by atoms with van der Waals surface area (Å²) in [7, 11) is 0. The summed E-state index contributed by atoms with van der Waals surface area (Å²) in [6.45, 7) is 7.59. The van der Waals surface area contributed by atoms with Gasteiger partial charge >= 0.3 is 0 Å². The van der Waals surface area contributed by atoms with E-state index >= 15 is 0 Å². The van der Waals surface area contributed by atoms with E-state index in [1.54, 1.807) is 0 Å². The van der Waals surface area contributed by atoms with Gasteiger partial charge in [-0.2, -0.15) is 0 Å². The Morgan fingerprint density at radius 3 is 2.71 bits per heavy atom. The molecule has 0 bridgehead atoms. The number of nitrogens with one attached hydrogen (secondary N) is 1. The van der Waals surface area contributed by atoms with Gasteiger partial charge in [0.1, 0.15) is 11.9 Å². The Bertz CT molecular complexity index is 449. The molecule has 1 saturated carbocycles. The van der Waals surface area contributed by atoms with Crippen LogP contribution in [0.5, 0.6) is 5.75 Å². The van der Waals surface area contributed by atoms with E-state index in [0.29, 0.717) is 18.1 Å². The smallest absolute Gasteiger partial charge is 0.133 e. The molecule has 1 aliphatic carbocycles. The molecule has 0 aromatic heterocycles. The number of hydrogen-bond donors (Lipinski definition) is 1. The first kappa shape index (κ1) is 16.8. The first-order chi connectivity index (χ1) is 10.2. The molecule has 1 aliphatic rings. The quantitative estimate of drug-likeness (QED) is 0.732. The van der Waals surface area contributed by atoms with Crippen LogP contribution in [0.2, 0.25) is 0 Å². The molecule has 1 fully saturated rings. The van der Waals surface area contributed by atoms with Crippen molar-refractivity contribution in [3.63, 3.8) is 0 Å². The Morgan fingerprint density at radius 1 is 1.29 bits per heavy atom. The summed E-state index contributed by atoms with van der Waals surface area (Å²) >= 11 is 3.68. The highest BCUT2D eigenvalue weighted by atomic mass is 79.9. The third-order valence-corrected chi connectivity index (χ3v) is 5.23. The van der Waals surface area contributed by atoms with Gasteiger partial charge in [-0.25, -0.2) is 0 Å². The SMILES string of the molecule is CCNC(C)c1ccc(OC2CCCCC2CC)c(Br)c1. The van der Waals surface area contributed by atoms with Gasteiger partial charge in [-0.3, -0.25) is 0 Å². The molecule has 0 saturated heterocycles. The van der Waals surface area contributed by atoms with Gasteiger partial charge in [-0.1, -0.05) is 26.3 Å². The molecular weight excluding hydrogens is 326 g/mol. The lowest BCUT2D eigenvalue weighted by Crippen LogP contribution is -2.30. The van der Waals surface area contributed by atoms with E-state index in [9.17, 15) is 0 Å². The van der Waals surface area contributed by atoms with E-state index < -0.39 is 0 Å². The van der Waals surface area contributed by atoms with Crippen molar-refractivity contribution < 1.29 is 4.74 Å². The monoisotopic (exact) mass is 353 g/mol. The lowest BCUT2D eigenvalue weighted by molar-refractivity contribution is 0.0896. The van der Waals surface area contributed by atoms with Crippen molar-refractivity contribution in [3.05, 3.63) is 28.2 Å². The molecule has 2 rings (SSSR count). The minimum Gasteiger partial charge on any atom is -0.489 e. The third kappa shape index (κ3) is 4.46. The molecule has 0 aliphatic heterocycles. The maximum Gasteiger partial charge on any atom is 0.133 e. The average Bonchev–Trinajstić information content (AvgIpc) is 2.50. The van der Waals surface area contributed by atoms with Crippen LogP contribution >= 0.6 is 15.9 Å². The Morgan fingerprint density at radius 2 is 2.05 bits per heavy atom. The maximum atomic E-state index is 6.32. The minimum atomic E-state index is 0.374. The van der Waals surface area contributed by atoms with Crippen molar-refractivity contribution in [2.75, 3.05) is 6.54 Å². The Labute approximate surface area is 137 Å². The molecule has 21 heavy (non-hydrogen) atoms. The van der Waals surface area contributed by atoms with Crippen molar-refractivity contribution in [2.24, 2.45) is 5.92 Å². The fourth-order valence-electron chi connectivity index (χ4n) is 3.26. The highest BCUT2D eigenvalue weighted by Crippen LogP contribution is 2.34. The summed E-state index contributed by atoms with van der Waals surface area (Å²) < 4.78 is 7.39. The van der Waals surface area contributed by atoms with Crippen LogP contribution in [0.1, 0.15) is 64.5 Å². The molecule has 3 atom stereocenters. The zero-order chi connectivity index (χ0) is 15.2. The fourth-order valence-corrected chi connectivity index (χ4v) is 3.75. The lowest BCUT2D eigenvalue weighted by atomic mass is 9.85. The second kappa shape index (κ2) is 8.19. The summed E-state index contributed by atoms with van der Waals surface area (Å²) in [5.41, 5.74) is 1.30. The Balaban J connectivity index is 2.06. The van der Waals surface area contributed by atoms with E-state index in [2.05, 4.69) is 60.2 Å². The third-order valence-electron chi connectivity index (χ3n) is 4.61. The van der Waals surface area contributed by atoms with E-state index in [1.165, 1.54) is 37.7 Å². The average molecular weight is 354 g/mol. The van der Waals surface area contributed by atoms with Crippen LogP contribution in [-0.4, -0.2) is 12.6 Å². The molecule has 118 valence electrons. The van der Waals surface area contributed by atoms with Gasteiger partial charge < -0.3 is 10.1 Å². The zero-order valence-corrected chi connectivity index (χ0v) is 15.1. The van der Waals surface area contributed by atoms with Crippen molar-refractivity contribution in [1.29, 1.82) is 0 Å². The molecule has 1 N–H and O–H groups in total. The second-order valence-corrected chi connectivity index (χ2v) is 6.93. The molecule has 3 heteroatoms. The van der Waals surface area contributed by atoms with Crippen molar-refractivity contribution in [3.8, 4) is 5.75 Å². The van der Waals surface area contributed by atoms with E-state index in [-0.39, 0.29) is 0 Å². The van der Waals surface area contributed by atoms with Crippen LogP contribution in [0.3, 0.4) is 0 Å². The van der Waals surface area contributed by atoms with Crippen LogP contribution < -0.4 is 10.1 Å². The van der Waals surface area contributed by atoms with Gasteiger partial charge in [0.05, 0.1) is 4.47 Å². The van der Waals surface area contributed by atoms with E-state index in [0.717, 1.165) is 16.8 Å². The summed E-state index contributed by atoms with van der Waals surface area (Å²) in [6, 6.07) is 6.86. The lowest BCUT2D eigenvalue weighted by Gasteiger charge is -2.31. The van der Waals surface area contributed by atoms with Crippen molar-refractivity contribution in [2.45, 2.75) is 65.0 Å². The molecule has 0 amide bonds. The van der Waals surface area contributed by atoms with Gasteiger partial charge in [0.2, 0.25) is 0 Å². The Hall–Kier alpha value is -0.540. The van der Waals surface area contributed by atoms with Crippen LogP contribution in [0.25, 0.3) is 0 Å². The largest absolute Gasteiger partial charge is 0.489 e. The second-order valence-electron chi connectivity index (χ2n) is 6.08. The zero-order valence-electron chi connectivity index (χ0n) is 13.5. The molecule has 0 heterocycles. The fraction of sp³-hybridized carbons (Fsp3) is 0.667. The molecule has 2 nitrogen and oxygen atoms in total. The molecule has 0 radical (unpaired) electrons. The van der Waals surface area contributed by atoms with Crippen LogP contribution in [0.15, 0.2) is 22.7 Å². The molecule has 1 aromatic rings. The number of benzene rings is 1. The van der Waals surface area contributed by atoms with Crippen molar-refractivity contribution in [1.82, 2.24) is 5.32 Å². The normalized spacial score (nSPS) is 23.8. The standard InChI is InChI=1S/C18H28BrNO/c1-4-14-8-6-7-9-17(14)21-18-11-10-15(12-16(18)19)13(3)20-5-2/h10-14,17,20H,4-9H2,1-3H3. The Kier molecular flexibility index (Phi) is 6.56. The first-order valence-electron chi connectivity index (χ1n) is 8.35. The summed E-state index contributed by atoms with van der Waals surface area (Å²) in [4.78, 5) is 0. The highest BCUT2D eigenvalue weighted by Gasteiger charge is 2.25. The predicted molar refractivity (Wildman–Crippen MR) is 92.9 cm³/mol. The van der Waals surface area contributed by atoms with Gasteiger partial charge in [0.15, 0.2) is 0 Å².